The molecule has 0 heterocycles. The zero-order valence-corrected chi connectivity index (χ0v) is 12.1. The minimum atomic E-state index is -3.09. The first kappa shape index (κ1) is 14.2. The second-order valence-electron chi connectivity index (χ2n) is 3.89. The first-order chi connectivity index (χ1) is 7.78. The number of sulfone groups is 1. The highest BCUT2D eigenvalue weighted by atomic mass is 79.9. The zero-order chi connectivity index (χ0) is 13.1. The van der Waals surface area contributed by atoms with Crippen LogP contribution in [0, 0.1) is 6.92 Å². The van der Waals surface area contributed by atoms with Crippen LogP contribution in [0.1, 0.15) is 12.0 Å². The van der Waals surface area contributed by atoms with Crippen molar-refractivity contribution in [1.82, 2.24) is 0 Å². The minimum Gasteiger partial charge on any atom is -0.326 e. The van der Waals surface area contributed by atoms with Crippen molar-refractivity contribution in [3.63, 3.8) is 0 Å². The third-order valence-corrected chi connectivity index (χ3v) is 3.98. The van der Waals surface area contributed by atoms with E-state index < -0.39 is 9.84 Å². The fraction of sp³-hybridized carbons (Fsp3) is 0.364. The van der Waals surface area contributed by atoms with E-state index in [4.69, 9.17) is 0 Å². The fourth-order valence-corrected chi connectivity index (χ4v) is 2.03. The Morgan fingerprint density at radius 2 is 2.06 bits per heavy atom. The average molecular weight is 320 g/mol. The van der Waals surface area contributed by atoms with Crippen molar-refractivity contribution >= 4 is 37.4 Å². The number of carbonyl (C=O) groups excluding carboxylic acids is 1. The van der Waals surface area contributed by atoms with E-state index in [1.54, 1.807) is 6.07 Å². The Labute approximate surface area is 109 Å². The zero-order valence-electron chi connectivity index (χ0n) is 9.66. The summed E-state index contributed by atoms with van der Waals surface area (Å²) in [6, 6.07) is 5.42. The monoisotopic (exact) mass is 319 g/mol. The Morgan fingerprint density at radius 1 is 1.41 bits per heavy atom. The highest BCUT2D eigenvalue weighted by Gasteiger charge is 2.08. The van der Waals surface area contributed by atoms with Gasteiger partial charge in [-0.3, -0.25) is 4.79 Å². The van der Waals surface area contributed by atoms with Gasteiger partial charge in [0.2, 0.25) is 5.91 Å². The SMILES string of the molecule is Cc1cc(NC(=O)CCS(C)(=O)=O)ccc1Br. The molecule has 0 spiro atoms. The summed E-state index contributed by atoms with van der Waals surface area (Å²) in [6.45, 7) is 1.91. The van der Waals surface area contributed by atoms with E-state index in [2.05, 4.69) is 21.2 Å². The largest absolute Gasteiger partial charge is 0.326 e. The second-order valence-corrected chi connectivity index (χ2v) is 7.01. The number of hydrogen-bond acceptors (Lipinski definition) is 3. The van der Waals surface area contributed by atoms with E-state index in [1.165, 1.54) is 0 Å². The molecule has 0 bridgehead atoms. The van der Waals surface area contributed by atoms with Crippen molar-refractivity contribution < 1.29 is 13.2 Å². The molecule has 0 atom stereocenters. The van der Waals surface area contributed by atoms with Crippen LogP contribution in [0.4, 0.5) is 5.69 Å². The van der Waals surface area contributed by atoms with Crippen molar-refractivity contribution in [2.24, 2.45) is 0 Å². The number of nitrogens with one attached hydrogen (secondary N) is 1. The summed E-state index contributed by atoms with van der Waals surface area (Å²) in [5.74, 6) is -0.425. The van der Waals surface area contributed by atoms with Gasteiger partial charge in [0.25, 0.3) is 0 Å². The van der Waals surface area contributed by atoms with E-state index >= 15 is 0 Å². The van der Waals surface area contributed by atoms with Crippen LogP contribution >= 0.6 is 15.9 Å². The van der Waals surface area contributed by atoms with Gasteiger partial charge in [0.15, 0.2) is 0 Å². The molecule has 0 aromatic heterocycles. The highest BCUT2D eigenvalue weighted by molar-refractivity contribution is 9.10. The molecule has 0 saturated heterocycles. The summed E-state index contributed by atoms with van der Waals surface area (Å²) in [6.07, 6.45) is 1.10. The van der Waals surface area contributed by atoms with Crippen LogP contribution < -0.4 is 5.32 Å². The van der Waals surface area contributed by atoms with E-state index in [0.29, 0.717) is 5.69 Å². The Balaban J connectivity index is 2.59. The molecular weight excluding hydrogens is 306 g/mol. The summed E-state index contributed by atoms with van der Waals surface area (Å²) in [4.78, 5) is 11.5. The molecule has 1 aromatic rings. The molecule has 17 heavy (non-hydrogen) atoms. The van der Waals surface area contributed by atoms with E-state index in [0.717, 1.165) is 16.3 Å². The number of hydrogen-bond donors (Lipinski definition) is 1. The van der Waals surface area contributed by atoms with Crippen LogP contribution in [0.2, 0.25) is 0 Å². The first-order valence-corrected chi connectivity index (χ1v) is 7.87. The molecule has 1 aromatic carbocycles. The maximum atomic E-state index is 11.5. The van der Waals surface area contributed by atoms with Crippen LogP contribution in [-0.4, -0.2) is 26.3 Å². The van der Waals surface area contributed by atoms with Gasteiger partial charge in [-0.05, 0) is 30.7 Å². The lowest BCUT2D eigenvalue weighted by Gasteiger charge is -2.06. The summed E-state index contributed by atoms with van der Waals surface area (Å²) in [5.41, 5.74) is 1.68. The Morgan fingerprint density at radius 3 is 2.59 bits per heavy atom. The average Bonchev–Trinajstić information content (AvgIpc) is 2.20. The van der Waals surface area contributed by atoms with Crippen LogP contribution in [0.5, 0.6) is 0 Å². The molecule has 1 amide bonds. The molecule has 0 unspecified atom stereocenters. The normalized spacial score (nSPS) is 11.2. The van der Waals surface area contributed by atoms with Gasteiger partial charge >= 0.3 is 0 Å². The standard InChI is InChI=1S/C11H14BrNO3S/c1-8-7-9(3-4-10(8)12)13-11(14)5-6-17(2,15)16/h3-4,7H,5-6H2,1-2H3,(H,13,14). The van der Waals surface area contributed by atoms with Crippen molar-refractivity contribution in [2.75, 3.05) is 17.3 Å². The predicted molar refractivity (Wildman–Crippen MR) is 71.8 cm³/mol. The summed E-state index contributed by atoms with van der Waals surface area (Å²) in [7, 11) is -3.09. The number of halogens is 1. The molecule has 1 N–H and O–H groups in total. The number of carbonyl (C=O) groups is 1. The highest BCUT2D eigenvalue weighted by Crippen LogP contribution is 2.20. The van der Waals surface area contributed by atoms with Crippen LogP contribution in [-0.2, 0) is 14.6 Å². The van der Waals surface area contributed by atoms with Crippen LogP contribution in [0.25, 0.3) is 0 Å². The maximum Gasteiger partial charge on any atom is 0.225 e. The van der Waals surface area contributed by atoms with Gasteiger partial charge in [0.1, 0.15) is 9.84 Å². The number of amides is 1. The smallest absolute Gasteiger partial charge is 0.225 e. The van der Waals surface area contributed by atoms with Crippen molar-refractivity contribution in [3.8, 4) is 0 Å². The molecule has 4 nitrogen and oxygen atoms in total. The molecule has 0 aliphatic carbocycles. The lowest BCUT2D eigenvalue weighted by atomic mass is 10.2. The molecule has 0 aliphatic heterocycles. The van der Waals surface area contributed by atoms with Gasteiger partial charge in [-0.2, -0.15) is 0 Å². The molecule has 94 valence electrons. The van der Waals surface area contributed by atoms with Crippen LogP contribution in [0.3, 0.4) is 0 Å². The van der Waals surface area contributed by atoms with Gasteiger partial charge in [-0.15, -0.1) is 0 Å². The van der Waals surface area contributed by atoms with Crippen LogP contribution in [0.15, 0.2) is 22.7 Å². The minimum absolute atomic E-state index is 0.0199. The van der Waals surface area contributed by atoms with Crippen molar-refractivity contribution in [3.05, 3.63) is 28.2 Å². The molecular formula is C11H14BrNO3S. The summed E-state index contributed by atoms with van der Waals surface area (Å²) >= 11 is 3.36. The number of aryl methyl sites for hydroxylation is 1. The molecule has 0 saturated carbocycles. The first-order valence-electron chi connectivity index (χ1n) is 5.01. The summed E-state index contributed by atoms with van der Waals surface area (Å²) in [5, 5.41) is 2.66. The Hall–Kier alpha value is -0.880. The van der Waals surface area contributed by atoms with Gasteiger partial charge in [-0.25, -0.2) is 8.42 Å². The fourth-order valence-electron chi connectivity index (χ4n) is 1.22. The lowest BCUT2D eigenvalue weighted by Crippen LogP contribution is -2.16. The van der Waals surface area contributed by atoms with Gasteiger partial charge in [0.05, 0.1) is 5.75 Å². The van der Waals surface area contributed by atoms with Crippen molar-refractivity contribution in [2.45, 2.75) is 13.3 Å². The topological polar surface area (TPSA) is 63.2 Å². The number of anilines is 1. The van der Waals surface area contributed by atoms with E-state index in [-0.39, 0.29) is 18.1 Å². The predicted octanol–water partition coefficient (Wildman–Crippen LogP) is 2.13. The van der Waals surface area contributed by atoms with E-state index in [1.807, 2.05) is 19.1 Å². The maximum absolute atomic E-state index is 11.5. The Kier molecular flexibility index (Phi) is 4.70. The van der Waals surface area contributed by atoms with Gasteiger partial charge in [0, 0.05) is 22.8 Å². The van der Waals surface area contributed by atoms with Gasteiger partial charge < -0.3 is 5.32 Å². The molecule has 0 radical (unpaired) electrons. The molecule has 0 aliphatic rings. The third-order valence-electron chi connectivity index (χ3n) is 2.14. The summed E-state index contributed by atoms with van der Waals surface area (Å²) < 4.78 is 22.8. The second kappa shape index (κ2) is 5.64. The number of benzene rings is 1. The van der Waals surface area contributed by atoms with E-state index in [9.17, 15) is 13.2 Å². The molecule has 0 fully saturated rings. The van der Waals surface area contributed by atoms with Gasteiger partial charge in [-0.1, -0.05) is 15.9 Å². The molecule has 1 rings (SSSR count). The van der Waals surface area contributed by atoms with Crippen molar-refractivity contribution in [1.29, 1.82) is 0 Å². The quantitative estimate of drug-likeness (QED) is 0.924. The third kappa shape index (κ3) is 5.32. The molecule has 6 heteroatoms. The lowest BCUT2D eigenvalue weighted by molar-refractivity contribution is -0.115. The number of rotatable bonds is 4. The Bertz CT molecular complexity index is 526.